The molecule has 5 nitrogen and oxygen atoms in total. The Balaban J connectivity index is 2.23. The molecule has 4 rings (SSSR count). The molecule has 1 aromatic carbocycles. The lowest BCUT2D eigenvalue weighted by atomic mass is 9.97. The van der Waals surface area contributed by atoms with Crippen LogP contribution in [0, 0.1) is 5.21 Å². The molecule has 0 saturated carbocycles. The Bertz CT molecular complexity index is 852. The Morgan fingerprint density at radius 3 is 3.05 bits per heavy atom. The molecule has 1 aliphatic heterocycles. The van der Waals surface area contributed by atoms with E-state index in [-0.39, 0.29) is 0 Å². The van der Waals surface area contributed by atoms with Gasteiger partial charge in [0.05, 0.1) is 17.5 Å². The third kappa shape index (κ3) is 1.74. The molecule has 1 aliphatic rings. The normalized spacial score (nSPS) is 15.0. The van der Waals surface area contributed by atoms with Crippen LogP contribution in [0.2, 0.25) is 0 Å². The first-order chi connectivity index (χ1) is 10.2. The van der Waals surface area contributed by atoms with Crippen LogP contribution in [0.1, 0.15) is 31.2 Å². The van der Waals surface area contributed by atoms with E-state index in [9.17, 15) is 5.21 Å². The summed E-state index contributed by atoms with van der Waals surface area (Å²) in [6.07, 6.45) is 1.58. The molecule has 21 heavy (non-hydrogen) atoms. The van der Waals surface area contributed by atoms with E-state index in [1.54, 1.807) is 6.20 Å². The van der Waals surface area contributed by atoms with Crippen LogP contribution < -0.4 is 4.73 Å². The lowest BCUT2D eigenvalue weighted by Gasteiger charge is -2.17. The van der Waals surface area contributed by atoms with Gasteiger partial charge in [-0.05, 0) is 11.5 Å². The summed E-state index contributed by atoms with van der Waals surface area (Å²) in [4.78, 5) is 4.58. The van der Waals surface area contributed by atoms with Crippen molar-refractivity contribution < 1.29 is 9.47 Å². The molecule has 0 N–H and O–H groups in total. The standard InChI is InChI=1S/C16H17N3O2/c1-10(2)11-4-3-5-13-15(11)16-12(8-19(13)20)17-14-9-21-7-6-18(14)16/h3-5,8,10H,6-7,9H2,1-2H3. The van der Waals surface area contributed by atoms with Gasteiger partial charge in [-0.2, -0.15) is 4.73 Å². The van der Waals surface area contributed by atoms with E-state index in [2.05, 4.69) is 29.5 Å². The summed E-state index contributed by atoms with van der Waals surface area (Å²) >= 11 is 0. The summed E-state index contributed by atoms with van der Waals surface area (Å²) in [7, 11) is 0. The van der Waals surface area contributed by atoms with Crippen LogP contribution in [0.5, 0.6) is 0 Å². The maximum Gasteiger partial charge on any atom is 0.226 e. The molecule has 0 unspecified atom stereocenters. The van der Waals surface area contributed by atoms with Crippen molar-refractivity contribution in [3.05, 3.63) is 41.0 Å². The first-order valence-corrected chi connectivity index (χ1v) is 7.28. The third-order valence-electron chi connectivity index (χ3n) is 4.17. The van der Waals surface area contributed by atoms with Gasteiger partial charge in [0.1, 0.15) is 12.4 Å². The van der Waals surface area contributed by atoms with Gasteiger partial charge in [-0.15, -0.1) is 0 Å². The van der Waals surface area contributed by atoms with Crippen LogP contribution in [-0.4, -0.2) is 16.2 Å². The number of hydrogen-bond donors (Lipinski definition) is 0. The molecule has 0 bridgehead atoms. The van der Waals surface area contributed by atoms with Crippen LogP contribution >= 0.6 is 0 Å². The Labute approximate surface area is 122 Å². The average molecular weight is 283 g/mol. The van der Waals surface area contributed by atoms with Crippen molar-refractivity contribution in [1.82, 2.24) is 9.55 Å². The highest BCUT2D eigenvalue weighted by molar-refractivity contribution is 6.03. The highest BCUT2D eigenvalue weighted by Gasteiger charge is 2.23. The molecular formula is C16H17N3O2. The Hall–Kier alpha value is -2.14. The summed E-state index contributed by atoms with van der Waals surface area (Å²) in [5.74, 6) is 1.26. The van der Waals surface area contributed by atoms with Gasteiger partial charge in [0.15, 0.2) is 5.52 Å². The van der Waals surface area contributed by atoms with Crippen molar-refractivity contribution in [2.75, 3.05) is 6.61 Å². The number of aromatic nitrogens is 3. The molecule has 0 aliphatic carbocycles. The maximum absolute atomic E-state index is 12.3. The lowest BCUT2D eigenvalue weighted by molar-refractivity contribution is -0.575. The Kier molecular flexibility index (Phi) is 2.65. The minimum Gasteiger partial charge on any atom is -0.618 e. The molecule has 0 atom stereocenters. The fourth-order valence-electron chi connectivity index (χ4n) is 3.20. The molecule has 3 heterocycles. The van der Waals surface area contributed by atoms with Gasteiger partial charge >= 0.3 is 0 Å². The lowest BCUT2D eigenvalue weighted by Crippen LogP contribution is -2.27. The van der Waals surface area contributed by atoms with Crippen LogP contribution in [0.3, 0.4) is 0 Å². The van der Waals surface area contributed by atoms with Crippen molar-refractivity contribution in [2.45, 2.75) is 32.9 Å². The van der Waals surface area contributed by atoms with Crippen molar-refractivity contribution >= 4 is 21.9 Å². The predicted molar refractivity (Wildman–Crippen MR) is 79.9 cm³/mol. The molecule has 108 valence electrons. The topological polar surface area (TPSA) is 54.0 Å². The third-order valence-corrected chi connectivity index (χ3v) is 4.17. The van der Waals surface area contributed by atoms with Crippen LogP contribution in [0.15, 0.2) is 24.4 Å². The van der Waals surface area contributed by atoms with Crippen LogP contribution in [0.4, 0.5) is 0 Å². The number of imidazole rings is 1. The minimum atomic E-state index is 0.352. The van der Waals surface area contributed by atoms with E-state index in [0.29, 0.717) is 24.6 Å². The first kappa shape index (κ1) is 12.6. The summed E-state index contributed by atoms with van der Waals surface area (Å²) in [5.41, 5.74) is 3.73. The molecule has 0 radical (unpaired) electrons. The van der Waals surface area contributed by atoms with Crippen LogP contribution in [-0.2, 0) is 17.9 Å². The number of hydrogen-bond acceptors (Lipinski definition) is 3. The van der Waals surface area contributed by atoms with E-state index in [1.807, 2.05) is 12.1 Å². The van der Waals surface area contributed by atoms with Gasteiger partial charge in [-0.25, -0.2) is 4.98 Å². The molecule has 2 aromatic heterocycles. The van der Waals surface area contributed by atoms with Gasteiger partial charge in [0.2, 0.25) is 11.7 Å². The number of fused-ring (bicyclic) bond motifs is 5. The second kappa shape index (κ2) is 4.43. The number of benzene rings is 1. The first-order valence-electron chi connectivity index (χ1n) is 7.28. The maximum atomic E-state index is 12.3. The Morgan fingerprint density at radius 2 is 2.24 bits per heavy atom. The second-order valence-electron chi connectivity index (χ2n) is 5.82. The summed E-state index contributed by atoms with van der Waals surface area (Å²) in [5, 5.41) is 13.3. The van der Waals surface area contributed by atoms with E-state index in [0.717, 1.165) is 33.5 Å². The number of ether oxygens (including phenoxy) is 1. The smallest absolute Gasteiger partial charge is 0.226 e. The molecular weight excluding hydrogens is 266 g/mol. The zero-order valence-electron chi connectivity index (χ0n) is 12.2. The Morgan fingerprint density at radius 1 is 1.38 bits per heavy atom. The van der Waals surface area contributed by atoms with Crippen molar-refractivity contribution in [1.29, 1.82) is 0 Å². The SMILES string of the molecule is CC(C)c1cccc2c1c1c(c[n+]2[O-])nc2n1CCOC2. The van der Waals surface area contributed by atoms with E-state index < -0.39 is 0 Å². The van der Waals surface area contributed by atoms with Crippen molar-refractivity contribution in [3.8, 4) is 0 Å². The molecule has 0 fully saturated rings. The number of nitrogens with zero attached hydrogens (tertiary/aromatic N) is 3. The zero-order valence-corrected chi connectivity index (χ0v) is 12.2. The molecule has 0 saturated heterocycles. The van der Waals surface area contributed by atoms with Gasteiger partial charge in [0.25, 0.3) is 0 Å². The highest BCUT2D eigenvalue weighted by atomic mass is 16.5. The monoisotopic (exact) mass is 283 g/mol. The van der Waals surface area contributed by atoms with E-state index in [1.165, 1.54) is 5.56 Å². The average Bonchev–Trinajstić information content (AvgIpc) is 2.84. The molecule has 3 aromatic rings. The summed E-state index contributed by atoms with van der Waals surface area (Å²) < 4.78 is 8.61. The fraction of sp³-hybridized carbons (Fsp3) is 0.375. The van der Waals surface area contributed by atoms with E-state index >= 15 is 0 Å². The van der Waals surface area contributed by atoms with Gasteiger partial charge < -0.3 is 14.5 Å². The number of rotatable bonds is 1. The largest absolute Gasteiger partial charge is 0.618 e. The second-order valence-corrected chi connectivity index (χ2v) is 5.82. The van der Waals surface area contributed by atoms with Crippen molar-refractivity contribution in [3.63, 3.8) is 0 Å². The quantitative estimate of drug-likeness (QED) is 0.509. The zero-order chi connectivity index (χ0) is 14.6. The molecule has 5 heteroatoms. The summed E-state index contributed by atoms with van der Waals surface area (Å²) in [6, 6.07) is 5.94. The number of pyridine rings is 1. The van der Waals surface area contributed by atoms with Crippen molar-refractivity contribution in [2.24, 2.45) is 0 Å². The predicted octanol–water partition coefficient (Wildman–Crippen LogP) is 2.48. The van der Waals surface area contributed by atoms with Crippen LogP contribution in [0.25, 0.3) is 21.9 Å². The molecule has 0 amide bonds. The summed E-state index contributed by atoms with van der Waals surface area (Å²) in [6.45, 7) is 6.30. The minimum absolute atomic E-state index is 0.352. The van der Waals surface area contributed by atoms with Gasteiger partial charge in [-0.1, -0.05) is 26.0 Å². The highest BCUT2D eigenvalue weighted by Crippen LogP contribution is 2.31. The fourth-order valence-corrected chi connectivity index (χ4v) is 3.20. The van der Waals surface area contributed by atoms with Gasteiger partial charge in [0, 0.05) is 12.6 Å². The molecule has 0 spiro atoms. The van der Waals surface area contributed by atoms with Gasteiger partial charge in [-0.3, -0.25) is 0 Å². The van der Waals surface area contributed by atoms with E-state index in [4.69, 9.17) is 4.74 Å².